The Kier molecular flexibility index (Phi) is 5.72. The van der Waals surface area contributed by atoms with Crippen molar-refractivity contribution in [3.8, 4) is 0 Å². The number of nitrogens with one attached hydrogen (secondary N) is 1. The third-order valence-electron chi connectivity index (χ3n) is 2.12. The first-order valence-electron chi connectivity index (χ1n) is 5.34. The van der Waals surface area contributed by atoms with Gasteiger partial charge < -0.3 is 5.73 Å². The van der Waals surface area contributed by atoms with E-state index in [0.717, 1.165) is 0 Å². The molecule has 92 valence electrons. The summed E-state index contributed by atoms with van der Waals surface area (Å²) in [6, 6.07) is 8.66. The van der Waals surface area contributed by atoms with Gasteiger partial charge in [-0.25, -0.2) is 0 Å². The van der Waals surface area contributed by atoms with E-state index in [0.29, 0.717) is 12.1 Å². The molecule has 1 aromatic rings. The van der Waals surface area contributed by atoms with Crippen LogP contribution < -0.4 is 11.1 Å². The third kappa shape index (κ3) is 5.01. The molecular weight excluding hydrogens is 236 g/mol. The fourth-order valence-corrected chi connectivity index (χ4v) is 1.75. The van der Waals surface area contributed by atoms with Gasteiger partial charge in [0.1, 0.15) is 0 Å². The van der Waals surface area contributed by atoms with Crippen molar-refractivity contribution in [2.75, 3.05) is 12.3 Å². The number of amides is 2. The zero-order valence-electron chi connectivity index (χ0n) is 9.68. The molecule has 0 saturated heterocycles. The van der Waals surface area contributed by atoms with Crippen molar-refractivity contribution in [2.24, 2.45) is 5.73 Å². The van der Waals surface area contributed by atoms with Gasteiger partial charge in [0.2, 0.25) is 5.91 Å². The summed E-state index contributed by atoms with van der Waals surface area (Å²) in [5.74, 6) is -0.405. The van der Waals surface area contributed by atoms with Gasteiger partial charge in [-0.3, -0.25) is 14.9 Å². The van der Waals surface area contributed by atoms with E-state index >= 15 is 0 Å². The third-order valence-corrected chi connectivity index (χ3v) is 3.31. The summed E-state index contributed by atoms with van der Waals surface area (Å²) < 4.78 is 0. The molecule has 5 heteroatoms. The molecule has 0 spiro atoms. The molecule has 17 heavy (non-hydrogen) atoms. The molecule has 3 N–H and O–H groups in total. The highest BCUT2D eigenvalue weighted by molar-refractivity contribution is 8.00. The van der Waals surface area contributed by atoms with E-state index in [1.807, 2.05) is 13.0 Å². The second-order valence-electron chi connectivity index (χ2n) is 3.60. The van der Waals surface area contributed by atoms with Crippen LogP contribution in [0.25, 0.3) is 0 Å². The number of carbonyl (C=O) groups is 2. The summed E-state index contributed by atoms with van der Waals surface area (Å²) in [6.45, 7) is 2.46. The second-order valence-corrected chi connectivity index (χ2v) is 5.03. The lowest BCUT2D eigenvalue weighted by atomic mass is 10.2. The molecule has 1 unspecified atom stereocenters. The number of hydrogen-bond donors (Lipinski definition) is 2. The van der Waals surface area contributed by atoms with E-state index in [1.165, 1.54) is 11.8 Å². The van der Waals surface area contributed by atoms with E-state index in [-0.39, 0.29) is 22.8 Å². The fraction of sp³-hybridized carbons (Fsp3) is 0.333. The maximum Gasteiger partial charge on any atom is 0.257 e. The van der Waals surface area contributed by atoms with E-state index in [9.17, 15) is 9.59 Å². The largest absolute Gasteiger partial charge is 0.329 e. The minimum Gasteiger partial charge on any atom is -0.329 e. The molecule has 0 radical (unpaired) electrons. The van der Waals surface area contributed by atoms with Crippen LogP contribution in [0.3, 0.4) is 0 Å². The first kappa shape index (κ1) is 13.7. The molecule has 0 aliphatic carbocycles. The van der Waals surface area contributed by atoms with Crippen molar-refractivity contribution in [3.63, 3.8) is 0 Å². The SMILES string of the molecule is CC(CN)SCC(=O)NC(=O)c1ccccc1. The number of rotatable bonds is 5. The summed E-state index contributed by atoms with van der Waals surface area (Å²) in [5.41, 5.74) is 5.92. The van der Waals surface area contributed by atoms with Gasteiger partial charge >= 0.3 is 0 Å². The highest BCUT2D eigenvalue weighted by Crippen LogP contribution is 2.07. The summed E-state index contributed by atoms with van der Waals surface area (Å²) >= 11 is 1.43. The van der Waals surface area contributed by atoms with E-state index < -0.39 is 0 Å². The molecule has 1 rings (SSSR count). The van der Waals surface area contributed by atoms with Crippen LogP contribution in [0.2, 0.25) is 0 Å². The Morgan fingerprint density at radius 1 is 1.35 bits per heavy atom. The summed E-state index contributed by atoms with van der Waals surface area (Å²) in [7, 11) is 0. The molecule has 1 atom stereocenters. The molecule has 0 aliphatic rings. The van der Waals surface area contributed by atoms with Crippen molar-refractivity contribution in [2.45, 2.75) is 12.2 Å². The van der Waals surface area contributed by atoms with Crippen molar-refractivity contribution in [3.05, 3.63) is 35.9 Å². The molecule has 2 amide bonds. The van der Waals surface area contributed by atoms with Gasteiger partial charge in [0.15, 0.2) is 0 Å². The molecular formula is C12H16N2O2S. The minimum absolute atomic E-state index is 0.215. The first-order valence-corrected chi connectivity index (χ1v) is 6.39. The average Bonchev–Trinajstić information content (AvgIpc) is 2.36. The van der Waals surface area contributed by atoms with E-state index in [1.54, 1.807) is 24.3 Å². The van der Waals surface area contributed by atoms with Crippen LogP contribution in [0, 0.1) is 0 Å². The second kappa shape index (κ2) is 7.09. The topological polar surface area (TPSA) is 72.2 Å². The van der Waals surface area contributed by atoms with Crippen LogP contribution in [0.15, 0.2) is 30.3 Å². The molecule has 0 heterocycles. The molecule has 1 aromatic carbocycles. The summed E-state index contributed by atoms with van der Waals surface area (Å²) in [6.07, 6.45) is 0. The Bertz CT molecular complexity index is 381. The fourth-order valence-electron chi connectivity index (χ4n) is 1.11. The minimum atomic E-state index is -0.364. The number of nitrogens with two attached hydrogens (primary N) is 1. The van der Waals surface area contributed by atoms with Gasteiger partial charge in [-0.05, 0) is 12.1 Å². The van der Waals surface area contributed by atoms with Crippen LogP contribution in [0.4, 0.5) is 0 Å². The number of carbonyl (C=O) groups excluding carboxylic acids is 2. The Balaban J connectivity index is 2.39. The normalized spacial score (nSPS) is 11.9. The number of benzene rings is 1. The van der Waals surface area contributed by atoms with Crippen LogP contribution in [0.1, 0.15) is 17.3 Å². The number of hydrogen-bond acceptors (Lipinski definition) is 4. The Morgan fingerprint density at radius 2 is 2.00 bits per heavy atom. The lowest BCUT2D eigenvalue weighted by Gasteiger charge is -2.07. The highest BCUT2D eigenvalue weighted by Gasteiger charge is 2.10. The monoisotopic (exact) mass is 252 g/mol. The van der Waals surface area contributed by atoms with Gasteiger partial charge in [-0.2, -0.15) is 0 Å². The molecule has 4 nitrogen and oxygen atoms in total. The lowest BCUT2D eigenvalue weighted by molar-refractivity contribution is -0.117. The van der Waals surface area contributed by atoms with Gasteiger partial charge in [0.25, 0.3) is 5.91 Å². The van der Waals surface area contributed by atoms with Crippen LogP contribution in [0.5, 0.6) is 0 Å². The average molecular weight is 252 g/mol. The maximum atomic E-state index is 11.6. The zero-order valence-corrected chi connectivity index (χ0v) is 10.5. The molecule has 0 saturated carbocycles. The number of thioether (sulfide) groups is 1. The first-order chi connectivity index (χ1) is 8.13. The predicted molar refractivity (Wildman–Crippen MR) is 69.9 cm³/mol. The van der Waals surface area contributed by atoms with Crippen LogP contribution >= 0.6 is 11.8 Å². The quantitative estimate of drug-likeness (QED) is 0.821. The molecule has 0 aliphatic heterocycles. The Labute approximate surface area is 105 Å². The predicted octanol–water partition coefficient (Wildman–Crippen LogP) is 1.02. The highest BCUT2D eigenvalue weighted by atomic mass is 32.2. The van der Waals surface area contributed by atoms with Crippen molar-refractivity contribution in [1.82, 2.24) is 5.32 Å². The van der Waals surface area contributed by atoms with Crippen molar-refractivity contribution >= 4 is 23.6 Å². The van der Waals surface area contributed by atoms with Crippen LogP contribution in [-0.2, 0) is 4.79 Å². The summed E-state index contributed by atoms with van der Waals surface area (Å²) in [5, 5.41) is 2.55. The molecule has 0 fully saturated rings. The number of imide groups is 1. The Morgan fingerprint density at radius 3 is 2.59 bits per heavy atom. The summed E-state index contributed by atoms with van der Waals surface area (Å²) in [4.78, 5) is 23.1. The standard InChI is InChI=1S/C12H16N2O2S/c1-9(7-13)17-8-11(15)14-12(16)10-5-3-2-4-6-10/h2-6,9H,7-8,13H2,1H3,(H,14,15,16). The van der Waals surface area contributed by atoms with Crippen LogP contribution in [-0.4, -0.2) is 29.4 Å². The van der Waals surface area contributed by atoms with Crippen molar-refractivity contribution < 1.29 is 9.59 Å². The van der Waals surface area contributed by atoms with E-state index in [4.69, 9.17) is 5.73 Å². The molecule has 0 aromatic heterocycles. The van der Waals surface area contributed by atoms with E-state index in [2.05, 4.69) is 5.32 Å². The smallest absolute Gasteiger partial charge is 0.257 e. The zero-order chi connectivity index (χ0) is 12.7. The molecule has 0 bridgehead atoms. The van der Waals surface area contributed by atoms with Crippen molar-refractivity contribution in [1.29, 1.82) is 0 Å². The van der Waals surface area contributed by atoms with Gasteiger partial charge in [-0.1, -0.05) is 25.1 Å². The Hall–Kier alpha value is -1.33. The van der Waals surface area contributed by atoms with Gasteiger partial charge in [0, 0.05) is 17.4 Å². The lowest BCUT2D eigenvalue weighted by Crippen LogP contribution is -2.32. The van der Waals surface area contributed by atoms with Gasteiger partial charge in [-0.15, -0.1) is 11.8 Å². The maximum absolute atomic E-state index is 11.6. The van der Waals surface area contributed by atoms with Gasteiger partial charge in [0.05, 0.1) is 5.75 Å².